The van der Waals surface area contributed by atoms with Gasteiger partial charge in [-0.25, -0.2) is 4.99 Å². The van der Waals surface area contributed by atoms with Crippen LogP contribution in [0.25, 0.3) is 0 Å². The molecular weight excluding hydrogens is 310 g/mol. The first-order valence-corrected chi connectivity index (χ1v) is 8.64. The summed E-state index contributed by atoms with van der Waals surface area (Å²) in [5.41, 5.74) is 0.674. The maximum Gasteiger partial charge on any atom is 0.194 e. The fourth-order valence-electron chi connectivity index (χ4n) is 3.49. The number of benzene rings is 2. The summed E-state index contributed by atoms with van der Waals surface area (Å²) in [5.74, 6) is 0.880. The topological polar surface area (TPSA) is 41.8 Å². The van der Waals surface area contributed by atoms with Crippen molar-refractivity contribution in [3.8, 4) is 0 Å². The predicted molar refractivity (Wildman–Crippen MR) is 99.4 cm³/mol. The van der Waals surface area contributed by atoms with Crippen LogP contribution in [-0.4, -0.2) is 23.7 Å². The van der Waals surface area contributed by atoms with E-state index >= 15 is 0 Å². The lowest BCUT2D eigenvalue weighted by atomic mass is 9.81. The number of ether oxygens (including phenoxy) is 1. The van der Waals surface area contributed by atoms with Crippen LogP contribution in [0, 0.1) is 5.92 Å². The highest BCUT2D eigenvalue weighted by Gasteiger charge is 2.37. The molecule has 1 aliphatic heterocycles. The van der Waals surface area contributed by atoms with Crippen LogP contribution in [0.5, 0.6) is 0 Å². The molecule has 2 aromatic carbocycles. The van der Waals surface area contributed by atoms with Crippen molar-refractivity contribution in [3.63, 3.8) is 0 Å². The van der Waals surface area contributed by atoms with Gasteiger partial charge < -0.3 is 9.84 Å². The summed E-state index contributed by atoms with van der Waals surface area (Å²) < 4.78 is 5.80. The van der Waals surface area contributed by atoms with Crippen molar-refractivity contribution in [1.82, 2.24) is 0 Å². The highest BCUT2D eigenvalue weighted by atomic mass is 16.5. The third-order valence-electron chi connectivity index (χ3n) is 4.80. The fourth-order valence-corrected chi connectivity index (χ4v) is 3.49. The van der Waals surface area contributed by atoms with Crippen LogP contribution in [0.4, 0.5) is 0 Å². The number of aliphatic imine (C=N–C) groups is 1. The van der Waals surface area contributed by atoms with Gasteiger partial charge in [0.25, 0.3) is 0 Å². The molecule has 0 amide bonds. The van der Waals surface area contributed by atoms with E-state index in [9.17, 15) is 5.11 Å². The lowest BCUT2D eigenvalue weighted by Gasteiger charge is -2.30. The van der Waals surface area contributed by atoms with Gasteiger partial charge in [0, 0.05) is 6.42 Å². The molecule has 0 saturated carbocycles. The summed E-state index contributed by atoms with van der Waals surface area (Å²) >= 11 is 0. The Hall–Kier alpha value is -2.65. The van der Waals surface area contributed by atoms with Crippen LogP contribution in [0.1, 0.15) is 17.5 Å². The number of aliphatic hydroxyl groups is 1. The predicted octanol–water partition coefficient (Wildman–Crippen LogP) is 3.85. The van der Waals surface area contributed by atoms with Crippen LogP contribution >= 0.6 is 0 Å². The first-order chi connectivity index (χ1) is 12.3. The smallest absolute Gasteiger partial charge is 0.194 e. The zero-order chi connectivity index (χ0) is 17.1. The van der Waals surface area contributed by atoms with Crippen molar-refractivity contribution < 1.29 is 9.84 Å². The minimum atomic E-state index is -1.09. The SMILES string of the molecule is OC(C[C@@H]1COC(C2C=CC=C2)=N1)(c1ccccc1)c1ccccc1. The first-order valence-electron chi connectivity index (χ1n) is 8.64. The van der Waals surface area contributed by atoms with Crippen LogP contribution in [0.15, 0.2) is 90.0 Å². The largest absolute Gasteiger partial charge is 0.478 e. The number of hydrogen-bond donors (Lipinski definition) is 1. The molecule has 3 heteroatoms. The van der Waals surface area contributed by atoms with Crippen molar-refractivity contribution in [2.24, 2.45) is 10.9 Å². The Bertz CT molecular complexity index is 757. The van der Waals surface area contributed by atoms with E-state index in [1.807, 2.05) is 72.8 Å². The minimum absolute atomic E-state index is 0.0668. The summed E-state index contributed by atoms with van der Waals surface area (Å²) in [6.07, 6.45) is 8.65. The van der Waals surface area contributed by atoms with Crippen molar-refractivity contribution in [3.05, 3.63) is 96.1 Å². The molecule has 3 nitrogen and oxygen atoms in total. The fraction of sp³-hybridized carbons (Fsp3) is 0.227. The summed E-state index contributed by atoms with van der Waals surface area (Å²) in [6, 6.07) is 19.5. The highest BCUT2D eigenvalue weighted by Crippen LogP contribution is 2.36. The third-order valence-corrected chi connectivity index (χ3v) is 4.80. The van der Waals surface area contributed by atoms with Crippen molar-refractivity contribution in [1.29, 1.82) is 0 Å². The van der Waals surface area contributed by atoms with Gasteiger partial charge in [0.1, 0.15) is 12.2 Å². The third kappa shape index (κ3) is 3.15. The van der Waals surface area contributed by atoms with E-state index in [2.05, 4.69) is 12.2 Å². The van der Waals surface area contributed by atoms with Gasteiger partial charge in [-0.3, -0.25) is 0 Å². The number of allylic oxidation sites excluding steroid dienone is 2. The Labute approximate surface area is 148 Å². The van der Waals surface area contributed by atoms with E-state index in [1.165, 1.54) is 0 Å². The second-order valence-corrected chi connectivity index (χ2v) is 6.52. The second kappa shape index (κ2) is 6.69. The zero-order valence-electron chi connectivity index (χ0n) is 14.0. The minimum Gasteiger partial charge on any atom is -0.478 e. The van der Waals surface area contributed by atoms with Gasteiger partial charge in [-0.15, -0.1) is 0 Å². The molecule has 0 fully saturated rings. The van der Waals surface area contributed by atoms with Gasteiger partial charge in [-0.2, -0.15) is 0 Å². The first kappa shape index (κ1) is 15.9. The van der Waals surface area contributed by atoms with Crippen LogP contribution in [-0.2, 0) is 10.3 Å². The molecule has 25 heavy (non-hydrogen) atoms. The molecule has 2 aliphatic rings. The number of nitrogens with zero attached hydrogens (tertiary/aromatic N) is 1. The monoisotopic (exact) mass is 331 g/mol. The Balaban J connectivity index is 1.64. The van der Waals surface area contributed by atoms with Crippen molar-refractivity contribution in [2.75, 3.05) is 6.61 Å². The Morgan fingerprint density at radius 1 is 0.920 bits per heavy atom. The molecule has 0 saturated heterocycles. The zero-order valence-corrected chi connectivity index (χ0v) is 14.0. The van der Waals surface area contributed by atoms with E-state index in [-0.39, 0.29) is 12.0 Å². The Morgan fingerprint density at radius 3 is 2.04 bits per heavy atom. The summed E-state index contributed by atoms with van der Waals surface area (Å²) in [7, 11) is 0. The van der Waals surface area contributed by atoms with Crippen molar-refractivity contribution >= 4 is 5.90 Å². The number of rotatable bonds is 5. The maximum absolute atomic E-state index is 11.6. The van der Waals surface area contributed by atoms with Crippen LogP contribution in [0.2, 0.25) is 0 Å². The molecule has 0 radical (unpaired) electrons. The summed E-state index contributed by atoms with van der Waals surface area (Å²) in [6.45, 7) is 0.509. The lowest BCUT2D eigenvalue weighted by molar-refractivity contribution is 0.0603. The van der Waals surface area contributed by atoms with Gasteiger partial charge in [0.05, 0.1) is 12.0 Å². The summed E-state index contributed by atoms with van der Waals surface area (Å²) in [4.78, 5) is 4.74. The molecule has 1 heterocycles. The van der Waals surface area contributed by atoms with Gasteiger partial charge in [0.2, 0.25) is 0 Å². The molecule has 2 aromatic rings. The van der Waals surface area contributed by atoms with Gasteiger partial charge >= 0.3 is 0 Å². The second-order valence-electron chi connectivity index (χ2n) is 6.52. The molecule has 0 aromatic heterocycles. The molecule has 1 aliphatic carbocycles. The quantitative estimate of drug-likeness (QED) is 0.904. The van der Waals surface area contributed by atoms with Crippen LogP contribution in [0.3, 0.4) is 0 Å². The molecule has 0 bridgehead atoms. The number of hydrogen-bond acceptors (Lipinski definition) is 3. The lowest BCUT2D eigenvalue weighted by Crippen LogP contribution is -2.32. The van der Waals surface area contributed by atoms with Gasteiger partial charge in [-0.1, -0.05) is 85.0 Å². The van der Waals surface area contributed by atoms with E-state index in [1.54, 1.807) is 0 Å². The van der Waals surface area contributed by atoms with Crippen LogP contribution < -0.4 is 0 Å². The average molecular weight is 331 g/mol. The normalized spacial score (nSPS) is 19.9. The van der Waals surface area contributed by atoms with E-state index < -0.39 is 5.60 Å². The molecular formula is C22H21NO2. The molecule has 4 rings (SSSR count). The summed E-state index contributed by atoms with van der Waals surface area (Å²) in [5, 5.41) is 11.6. The van der Waals surface area contributed by atoms with Gasteiger partial charge in [-0.05, 0) is 11.1 Å². The van der Waals surface area contributed by atoms with E-state index in [0.29, 0.717) is 13.0 Å². The van der Waals surface area contributed by atoms with Crippen molar-refractivity contribution in [2.45, 2.75) is 18.1 Å². The Morgan fingerprint density at radius 2 is 1.48 bits per heavy atom. The average Bonchev–Trinajstić information content (AvgIpc) is 3.35. The highest BCUT2D eigenvalue weighted by molar-refractivity contribution is 5.84. The molecule has 0 unspecified atom stereocenters. The molecule has 0 spiro atoms. The molecule has 1 atom stereocenters. The molecule has 1 N–H and O–H groups in total. The van der Waals surface area contributed by atoms with E-state index in [0.717, 1.165) is 17.0 Å². The van der Waals surface area contributed by atoms with E-state index in [4.69, 9.17) is 9.73 Å². The van der Waals surface area contributed by atoms with Gasteiger partial charge in [0.15, 0.2) is 5.90 Å². The standard InChI is InChI=1S/C22H21NO2/c24-22(18-11-3-1-4-12-18,19-13-5-2-6-14-19)15-20-16-25-21(23-20)17-9-7-8-10-17/h1-14,17,20,24H,15-16H2/t20-/m1/s1. The Kier molecular flexibility index (Phi) is 4.24. The maximum atomic E-state index is 11.6. The molecule has 126 valence electrons.